The van der Waals surface area contributed by atoms with Crippen LogP contribution < -0.4 is 4.74 Å². The van der Waals surface area contributed by atoms with E-state index in [1.165, 1.54) is 7.11 Å². The fraction of sp³-hybridized carbons (Fsp3) is 0.333. The maximum absolute atomic E-state index is 10.8. The molecule has 0 atom stereocenters. The van der Waals surface area contributed by atoms with Crippen LogP contribution in [0.1, 0.15) is 17.7 Å². The van der Waals surface area contributed by atoms with Crippen LogP contribution in [0.3, 0.4) is 0 Å². The monoisotopic (exact) mass is 219 g/mol. The van der Waals surface area contributed by atoms with Crippen LogP contribution in [0, 0.1) is 18.8 Å². The standard InChI is InChI=1S/C12H13NO3/c1-9-10(5-4-6-12(14)16-3)7-8-11(13-9)15-2/h7-8H,6H2,1-3H3. The third-order valence-corrected chi connectivity index (χ3v) is 1.95. The molecule has 0 bridgehead atoms. The van der Waals surface area contributed by atoms with E-state index in [-0.39, 0.29) is 12.4 Å². The van der Waals surface area contributed by atoms with Crippen LogP contribution in [0.5, 0.6) is 5.88 Å². The Morgan fingerprint density at radius 2 is 2.19 bits per heavy atom. The Kier molecular flexibility index (Phi) is 4.34. The van der Waals surface area contributed by atoms with Crippen LogP contribution in [0.15, 0.2) is 12.1 Å². The molecule has 0 saturated heterocycles. The molecule has 0 unspecified atom stereocenters. The number of ether oxygens (including phenoxy) is 2. The van der Waals surface area contributed by atoms with Crippen LogP contribution in [0.2, 0.25) is 0 Å². The van der Waals surface area contributed by atoms with E-state index in [1.807, 2.05) is 13.0 Å². The van der Waals surface area contributed by atoms with Gasteiger partial charge in [0.05, 0.1) is 19.9 Å². The third-order valence-electron chi connectivity index (χ3n) is 1.95. The molecule has 4 nitrogen and oxygen atoms in total. The Morgan fingerprint density at radius 3 is 2.75 bits per heavy atom. The van der Waals surface area contributed by atoms with E-state index in [2.05, 4.69) is 21.6 Å². The first-order valence-corrected chi connectivity index (χ1v) is 4.74. The van der Waals surface area contributed by atoms with Gasteiger partial charge in [0.1, 0.15) is 6.42 Å². The summed E-state index contributed by atoms with van der Waals surface area (Å²) < 4.78 is 9.45. The molecule has 84 valence electrons. The van der Waals surface area contributed by atoms with E-state index in [4.69, 9.17) is 4.74 Å². The molecule has 1 aromatic heterocycles. The van der Waals surface area contributed by atoms with Crippen LogP contribution in [0.25, 0.3) is 0 Å². The summed E-state index contributed by atoms with van der Waals surface area (Å²) in [7, 11) is 2.90. The summed E-state index contributed by atoms with van der Waals surface area (Å²) in [4.78, 5) is 15.0. The number of aromatic nitrogens is 1. The van der Waals surface area contributed by atoms with E-state index in [1.54, 1.807) is 13.2 Å². The third kappa shape index (κ3) is 3.28. The number of carbonyl (C=O) groups excluding carboxylic acids is 1. The second kappa shape index (κ2) is 5.76. The predicted octanol–water partition coefficient (Wildman–Crippen LogP) is 1.31. The number of pyridine rings is 1. The van der Waals surface area contributed by atoms with Gasteiger partial charge in [0.25, 0.3) is 0 Å². The number of esters is 1. The maximum Gasteiger partial charge on any atom is 0.317 e. The van der Waals surface area contributed by atoms with Gasteiger partial charge >= 0.3 is 5.97 Å². The molecule has 1 rings (SSSR count). The molecular weight excluding hydrogens is 206 g/mol. The van der Waals surface area contributed by atoms with Crippen molar-refractivity contribution in [3.63, 3.8) is 0 Å². The van der Waals surface area contributed by atoms with Gasteiger partial charge in [0.2, 0.25) is 5.88 Å². The fourth-order valence-electron chi connectivity index (χ4n) is 1.07. The first-order chi connectivity index (χ1) is 7.67. The average molecular weight is 219 g/mol. The number of rotatable bonds is 2. The van der Waals surface area contributed by atoms with E-state index < -0.39 is 0 Å². The van der Waals surface area contributed by atoms with Crippen molar-refractivity contribution in [3.05, 3.63) is 23.4 Å². The normalized spacial score (nSPS) is 8.94. The largest absolute Gasteiger partial charge is 0.481 e. The summed E-state index contributed by atoms with van der Waals surface area (Å²) in [5, 5.41) is 0. The summed E-state index contributed by atoms with van der Waals surface area (Å²) in [6, 6.07) is 3.54. The van der Waals surface area contributed by atoms with Crippen molar-refractivity contribution < 1.29 is 14.3 Å². The molecular formula is C12H13NO3. The Bertz CT molecular complexity index is 443. The maximum atomic E-state index is 10.8. The molecule has 16 heavy (non-hydrogen) atoms. The quantitative estimate of drug-likeness (QED) is 0.556. The molecule has 0 aliphatic rings. The highest BCUT2D eigenvalue weighted by Gasteiger charge is 1.99. The highest BCUT2D eigenvalue weighted by molar-refractivity contribution is 5.72. The van der Waals surface area contributed by atoms with Gasteiger partial charge in [-0.05, 0) is 13.0 Å². The van der Waals surface area contributed by atoms with Crippen LogP contribution in [-0.4, -0.2) is 25.2 Å². The lowest BCUT2D eigenvalue weighted by molar-refractivity contribution is -0.139. The minimum Gasteiger partial charge on any atom is -0.481 e. The zero-order valence-corrected chi connectivity index (χ0v) is 9.53. The molecule has 0 amide bonds. The molecule has 4 heteroatoms. The molecule has 0 fully saturated rings. The summed E-state index contributed by atoms with van der Waals surface area (Å²) in [5.74, 6) is 5.80. The van der Waals surface area contributed by atoms with Crippen molar-refractivity contribution in [1.29, 1.82) is 0 Å². The second-order valence-electron chi connectivity index (χ2n) is 3.04. The predicted molar refractivity (Wildman–Crippen MR) is 59.0 cm³/mol. The first kappa shape index (κ1) is 12.1. The summed E-state index contributed by atoms with van der Waals surface area (Å²) in [6.07, 6.45) is 0.0853. The number of hydrogen-bond acceptors (Lipinski definition) is 4. The van der Waals surface area contributed by atoms with Gasteiger partial charge in [-0.25, -0.2) is 4.98 Å². The molecule has 1 aromatic rings. The lowest BCUT2D eigenvalue weighted by atomic mass is 10.2. The average Bonchev–Trinajstić information content (AvgIpc) is 2.30. The first-order valence-electron chi connectivity index (χ1n) is 4.74. The van der Waals surface area contributed by atoms with Crippen LogP contribution in [-0.2, 0) is 9.53 Å². The van der Waals surface area contributed by atoms with E-state index in [0.717, 1.165) is 11.3 Å². The van der Waals surface area contributed by atoms with Gasteiger partial charge in [-0.15, -0.1) is 0 Å². The number of nitrogens with zero attached hydrogens (tertiary/aromatic N) is 1. The Balaban J connectivity index is 2.77. The minimum absolute atomic E-state index is 0.0853. The van der Waals surface area contributed by atoms with Crippen molar-refractivity contribution in [2.75, 3.05) is 14.2 Å². The van der Waals surface area contributed by atoms with E-state index >= 15 is 0 Å². The van der Waals surface area contributed by atoms with Gasteiger partial charge in [-0.3, -0.25) is 4.79 Å². The minimum atomic E-state index is -0.341. The lowest BCUT2D eigenvalue weighted by Gasteiger charge is -2.01. The van der Waals surface area contributed by atoms with Gasteiger partial charge in [-0.2, -0.15) is 0 Å². The van der Waals surface area contributed by atoms with Gasteiger partial charge in [0.15, 0.2) is 0 Å². The van der Waals surface area contributed by atoms with Crippen LogP contribution in [0.4, 0.5) is 0 Å². The van der Waals surface area contributed by atoms with Crippen molar-refractivity contribution in [2.24, 2.45) is 0 Å². The smallest absolute Gasteiger partial charge is 0.317 e. The summed E-state index contributed by atoms with van der Waals surface area (Å²) >= 11 is 0. The molecule has 0 aliphatic carbocycles. The molecule has 0 radical (unpaired) electrons. The lowest BCUT2D eigenvalue weighted by Crippen LogP contribution is -1.97. The topological polar surface area (TPSA) is 48.4 Å². The van der Waals surface area contributed by atoms with Gasteiger partial charge < -0.3 is 9.47 Å². The van der Waals surface area contributed by atoms with Gasteiger partial charge in [-0.1, -0.05) is 11.8 Å². The molecule has 1 heterocycles. The van der Waals surface area contributed by atoms with Crippen molar-refractivity contribution in [3.8, 4) is 17.7 Å². The van der Waals surface area contributed by atoms with Crippen LogP contribution >= 0.6 is 0 Å². The Hall–Kier alpha value is -2.02. The zero-order chi connectivity index (χ0) is 12.0. The summed E-state index contributed by atoms with van der Waals surface area (Å²) in [5.41, 5.74) is 1.56. The Labute approximate surface area is 94.6 Å². The summed E-state index contributed by atoms with van der Waals surface area (Å²) in [6.45, 7) is 1.84. The number of methoxy groups -OCH3 is 2. The highest BCUT2D eigenvalue weighted by Crippen LogP contribution is 2.10. The number of hydrogen-bond donors (Lipinski definition) is 0. The SMILES string of the molecule is COC(=O)CC#Cc1ccc(OC)nc1C. The van der Waals surface area contributed by atoms with E-state index in [9.17, 15) is 4.79 Å². The second-order valence-corrected chi connectivity index (χ2v) is 3.04. The molecule has 0 aliphatic heterocycles. The molecule has 0 saturated carbocycles. The van der Waals surface area contributed by atoms with Gasteiger partial charge in [0, 0.05) is 11.6 Å². The Morgan fingerprint density at radius 1 is 1.44 bits per heavy atom. The van der Waals surface area contributed by atoms with Crippen molar-refractivity contribution in [2.45, 2.75) is 13.3 Å². The zero-order valence-electron chi connectivity index (χ0n) is 9.53. The highest BCUT2D eigenvalue weighted by atomic mass is 16.5. The molecule has 0 aromatic carbocycles. The fourth-order valence-corrected chi connectivity index (χ4v) is 1.07. The number of aryl methyl sites for hydroxylation is 1. The van der Waals surface area contributed by atoms with Crippen molar-refractivity contribution >= 4 is 5.97 Å². The number of carbonyl (C=O) groups is 1. The van der Waals surface area contributed by atoms with Crippen molar-refractivity contribution in [1.82, 2.24) is 4.98 Å². The van der Waals surface area contributed by atoms with E-state index in [0.29, 0.717) is 5.88 Å². The molecule has 0 spiro atoms. The molecule has 0 N–H and O–H groups in total.